The van der Waals surface area contributed by atoms with Crippen LogP contribution in [0, 0.1) is 0 Å². The Bertz CT molecular complexity index is 299. The van der Waals surface area contributed by atoms with E-state index < -0.39 is 0 Å². The van der Waals surface area contributed by atoms with Gasteiger partial charge in [-0.25, -0.2) is 4.98 Å². The molecular formula is C11H20N4. The Kier molecular flexibility index (Phi) is 3.38. The van der Waals surface area contributed by atoms with Gasteiger partial charge in [-0.2, -0.15) is 0 Å². The van der Waals surface area contributed by atoms with E-state index in [0.717, 1.165) is 13.1 Å². The van der Waals surface area contributed by atoms with Gasteiger partial charge in [0.25, 0.3) is 0 Å². The van der Waals surface area contributed by atoms with Crippen LogP contribution in [0.2, 0.25) is 0 Å². The molecule has 1 aromatic heterocycles. The van der Waals surface area contributed by atoms with E-state index in [1.54, 1.807) is 0 Å². The molecule has 2 heterocycles. The molecular weight excluding hydrogens is 188 g/mol. The molecule has 1 saturated heterocycles. The number of hydrogen-bond donors (Lipinski definition) is 0. The van der Waals surface area contributed by atoms with Crippen LogP contribution in [0.5, 0.6) is 0 Å². The zero-order valence-electron chi connectivity index (χ0n) is 9.69. The van der Waals surface area contributed by atoms with Crippen molar-refractivity contribution < 1.29 is 0 Å². The maximum absolute atomic E-state index is 4.20. The first kappa shape index (κ1) is 10.6. The van der Waals surface area contributed by atoms with Crippen LogP contribution in [0.15, 0.2) is 12.5 Å². The number of rotatable bonds is 3. The maximum atomic E-state index is 4.20. The van der Waals surface area contributed by atoms with Crippen molar-refractivity contribution in [2.45, 2.75) is 20.0 Å². The monoisotopic (exact) mass is 208 g/mol. The normalized spacial score (nSPS) is 19.6. The summed E-state index contributed by atoms with van der Waals surface area (Å²) < 4.78 is 2.22. The Balaban J connectivity index is 1.91. The van der Waals surface area contributed by atoms with Crippen LogP contribution in [0.4, 0.5) is 0 Å². The van der Waals surface area contributed by atoms with Crippen LogP contribution < -0.4 is 0 Å². The van der Waals surface area contributed by atoms with Gasteiger partial charge in [-0.05, 0) is 14.0 Å². The predicted octanol–water partition coefficient (Wildman–Crippen LogP) is 0.650. The minimum absolute atomic E-state index is 1.02. The van der Waals surface area contributed by atoms with Crippen LogP contribution in [-0.2, 0) is 13.1 Å². The number of piperazine rings is 1. The molecule has 15 heavy (non-hydrogen) atoms. The Morgan fingerprint density at radius 3 is 2.67 bits per heavy atom. The fourth-order valence-corrected chi connectivity index (χ4v) is 2.00. The van der Waals surface area contributed by atoms with Crippen LogP contribution >= 0.6 is 0 Å². The SMILES string of the molecule is CCn1cncc1CN1CCN(C)CC1. The minimum atomic E-state index is 1.02. The van der Waals surface area contributed by atoms with E-state index in [-0.39, 0.29) is 0 Å². The summed E-state index contributed by atoms with van der Waals surface area (Å²) in [5.41, 5.74) is 1.34. The van der Waals surface area contributed by atoms with Crippen molar-refractivity contribution in [1.29, 1.82) is 0 Å². The van der Waals surface area contributed by atoms with Gasteiger partial charge in [0, 0.05) is 45.5 Å². The van der Waals surface area contributed by atoms with Crippen LogP contribution in [-0.4, -0.2) is 52.6 Å². The molecule has 0 unspecified atom stereocenters. The van der Waals surface area contributed by atoms with E-state index in [1.807, 2.05) is 12.5 Å². The van der Waals surface area contributed by atoms with Crippen LogP contribution in [0.1, 0.15) is 12.6 Å². The molecule has 0 aromatic carbocycles. The Morgan fingerprint density at radius 1 is 1.27 bits per heavy atom. The number of aromatic nitrogens is 2. The summed E-state index contributed by atoms with van der Waals surface area (Å²) in [6.07, 6.45) is 3.91. The first-order valence-electron chi connectivity index (χ1n) is 5.69. The van der Waals surface area contributed by atoms with Gasteiger partial charge < -0.3 is 9.47 Å². The van der Waals surface area contributed by atoms with Crippen molar-refractivity contribution in [3.63, 3.8) is 0 Å². The highest BCUT2D eigenvalue weighted by atomic mass is 15.3. The smallest absolute Gasteiger partial charge is 0.0948 e. The molecule has 0 N–H and O–H groups in total. The van der Waals surface area contributed by atoms with E-state index in [1.165, 1.54) is 31.9 Å². The molecule has 1 aromatic rings. The lowest BCUT2D eigenvalue weighted by Gasteiger charge is -2.32. The summed E-state index contributed by atoms with van der Waals surface area (Å²) >= 11 is 0. The molecule has 4 heteroatoms. The van der Waals surface area contributed by atoms with E-state index in [4.69, 9.17) is 0 Å². The molecule has 0 bridgehead atoms. The third kappa shape index (κ3) is 2.58. The molecule has 0 atom stereocenters. The molecule has 0 spiro atoms. The maximum Gasteiger partial charge on any atom is 0.0948 e. The number of imidazole rings is 1. The fourth-order valence-electron chi connectivity index (χ4n) is 2.00. The lowest BCUT2D eigenvalue weighted by atomic mass is 10.3. The van der Waals surface area contributed by atoms with Crippen molar-refractivity contribution in [2.75, 3.05) is 33.2 Å². The number of likely N-dealkylation sites (N-methyl/N-ethyl adjacent to an activating group) is 1. The van der Waals surface area contributed by atoms with Gasteiger partial charge in [0.1, 0.15) is 0 Å². The fraction of sp³-hybridized carbons (Fsp3) is 0.727. The van der Waals surface area contributed by atoms with Crippen molar-refractivity contribution >= 4 is 0 Å². The lowest BCUT2D eigenvalue weighted by Crippen LogP contribution is -2.44. The molecule has 2 rings (SSSR count). The van der Waals surface area contributed by atoms with E-state index in [0.29, 0.717) is 0 Å². The quantitative estimate of drug-likeness (QED) is 0.729. The van der Waals surface area contributed by atoms with Crippen LogP contribution in [0.25, 0.3) is 0 Å². The van der Waals surface area contributed by atoms with E-state index in [2.05, 4.69) is 33.3 Å². The van der Waals surface area contributed by atoms with Crippen LogP contribution in [0.3, 0.4) is 0 Å². The van der Waals surface area contributed by atoms with E-state index in [9.17, 15) is 0 Å². The minimum Gasteiger partial charge on any atom is -0.334 e. The molecule has 1 aliphatic heterocycles. The van der Waals surface area contributed by atoms with E-state index >= 15 is 0 Å². The number of nitrogens with zero attached hydrogens (tertiary/aromatic N) is 4. The highest BCUT2D eigenvalue weighted by molar-refractivity contribution is 4.98. The second-order valence-corrected chi connectivity index (χ2v) is 4.25. The average molecular weight is 208 g/mol. The van der Waals surface area contributed by atoms with Gasteiger partial charge in [0.05, 0.1) is 12.0 Å². The summed E-state index contributed by atoms with van der Waals surface area (Å²) in [5, 5.41) is 0. The van der Waals surface area contributed by atoms with Crippen molar-refractivity contribution in [3.8, 4) is 0 Å². The molecule has 0 radical (unpaired) electrons. The van der Waals surface area contributed by atoms with Gasteiger partial charge in [0.15, 0.2) is 0 Å². The molecule has 1 fully saturated rings. The molecule has 1 aliphatic rings. The molecule has 0 amide bonds. The molecule has 4 nitrogen and oxygen atoms in total. The Labute approximate surface area is 91.5 Å². The predicted molar refractivity (Wildman–Crippen MR) is 60.7 cm³/mol. The zero-order chi connectivity index (χ0) is 10.7. The first-order valence-corrected chi connectivity index (χ1v) is 5.69. The Morgan fingerprint density at radius 2 is 2.00 bits per heavy atom. The second-order valence-electron chi connectivity index (χ2n) is 4.25. The first-order chi connectivity index (χ1) is 7.29. The second kappa shape index (κ2) is 4.77. The standard InChI is InChI=1S/C11H20N4/c1-3-15-10-12-8-11(15)9-14-6-4-13(2)5-7-14/h8,10H,3-7,9H2,1-2H3. The summed E-state index contributed by atoms with van der Waals surface area (Å²) in [7, 11) is 2.19. The summed E-state index contributed by atoms with van der Waals surface area (Å²) in [5.74, 6) is 0. The van der Waals surface area contributed by atoms with Gasteiger partial charge in [0.2, 0.25) is 0 Å². The largest absolute Gasteiger partial charge is 0.334 e. The van der Waals surface area contributed by atoms with Crippen molar-refractivity contribution in [3.05, 3.63) is 18.2 Å². The zero-order valence-corrected chi connectivity index (χ0v) is 9.69. The average Bonchev–Trinajstić information content (AvgIpc) is 2.69. The lowest BCUT2D eigenvalue weighted by molar-refractivity contribution is 0.145. The highest BCUT2D eigenvalue weighted by Gasteiger charge is 2.14. The van der Waals surface area contributed by atoms with Crippen molar-refractivity contribution in [2.24, 2.45) is 0 Å². The van der Waals surface area contributed by atoms with Gasteiger partial charge in [-0.1, -0.05) is 0 Å². The van der Waals surface area contributed by atoms with Gasteiger partial charge in [-0.3, -0.25) is 4.90 Å². The van der Waals surface area contributed by atoms with Gasteiger partial charge in [-0.15, -0.1) is 0 Å². The number of aryl methyl sites for hydroxylation is 1. The Hall–Kier alpha value is -0.870. The topological polar surface area (TPSA) is 24.3 Å². The third-order valence-electron chi connectivity index (χ3n) is 3.12. The third-order valence-corrected chi connectivity index (χ3v) is 3.12. The molecule has 0 saturated carbocycles. The summed E-state index contributed by atoms with van der Waals surface area (Å²) in [6, 6.07) is 0. The van der Waals surface area contributed by atoms with Gasteiger partial charge >= 0.3 is 0 Å². The highest BCUT2D eigenvalue weighted by Crippen LogP contribution is 2.07. The molecule has 0 aliphatic carbocycles. The summed E-state index contributed by atoms with van der Waals surface area (Å²) in [4.78, 5) is 9.08. The number of hydrogen-bond acceptors (Lipinski definition) is 3. The molecule has 84 valence electrons. The summed E-state index contributed by atoms with van der Waals surface area (Å²) in [6.45, 7) is 8.93. The van der Waals surface area contributed by atoms with Crippen molar-refractivity contribution in [1.82, 2.24) is 19.4 Å².